The Morgan fingerprint density at radius 3 is 0.533 bits per heavy atom. The first kappa shape index (κ1) is 36.1. The summed E-state index contributed by atoms with van der Waals surface area (Å²) in [7, 11) is -9.39. The molecule has 0 heterocycles. The van der Waals surface area contributed by atoms with Gasteiger partial charge in [0, 0.05) is 19.5 Å². The maximum Gasteiger partial charge on any atom is 0.761 e. The number of hydrogen-bond acceptors (Lipinski definition) is 3. The summed E-state index contributed by atoms with van der Waals surface area (Å²) < 4.78 is 26.2. The van der Waals surface area contributed by atoms with E-state index < -0.39 is 27.5 Å². The molecule has 0 rings (SSSR count). The minimum Gasteiger partial charge on any atom is -0.511 e. The third-order valence-electron chi connectivity index (χ3n) is 0. The molecule has 0 bridgehead atoms. The Morgan fingerprint density at radius 2 is 0.533 bits per heavy atom. The van der Waals surface area contributed by atoms with Crippen LogP contribution in [0.15, 0.2) is 0 Å². The fraction of sp³-hybridized carbons (Fsp3) is 0. The summed E-state index contributed by atoms with van der Waals surface area (Å²) in [5, 5.41) is 0. The third-order valence-corrected chi connectivity index (χ3v) is 0. The Balaban J connectivity index is -0.0000000184. The SMILES string of the molecule is O=[Si](O)O.O=[Si](O)O.O=[Si](O)O.[AlH3].[AlH3].[Zn]. The van der Waals surface area contributed by atoms with Gasteiger partial charge in [0.1, 0.15) is 0 Å². The second-order valence-electron chi connectivity index (χ2n) is 0.848. The Bertz CT molecular complexity index is 121. The predicted molar refractivity (Wildman–Crippen MR) is 52.5 cm³/mol. The van der Waals surface area contributed by atoms with E-state index in [9.17, 15) is 0 Å². The fourth-order valence-electron chi connectivity index (χ4n) is 0. The molecule has 15 heavy (non-hydrogen) atoms. The van der Waals surface area contributed by atoms with Crippen molar-refractivity contribution in [3.05, 3.63) is 0 Å². The summed E-state index contributed by atoms with van der Waals surface area (Å²) in [5.74, 6) is 0. The molecule has 0 spiro atoms. The largest absolute Gasteiger partial charge is 0.761 e. The smallest absolute Gasteiger partial charge is 0.511 e. The van der Waals surface area contributed by atoms with Gasteiger partial charge in [-0.2, -0.15) is 0 Å². The Labute approximate surface area is 123 Å². The molecule has 0 fully saturated rings. The van der Waals surface area contributed by atoms with Gasteiger partial charge >= 0.3 is 27.5 Å². The molecule has 0 saturated carbocycles. The van der Waals surface area contributed by atoms with Gasteiger partial charge in [0.15, 0.2) is 34.7 Å². The van der Waals surface area contributed by atoms with Crippen LogP contribution in [0.5, 0.6) is 0 Å². The maximum atomic E-state index is 8.74. The van der Waals surface area contributed by atoms with E-state index in [2.05, 4.69) is 0 Å². The zero-order valence-corrected chi connectivity index (χ0v) is 12.1. The first-order valence-corrected chi connectivity index (χ1v) is 5.86. The average molecular weight is 360 g/mol. The topological polar surface area (TPSA) is 173 Å². The summed E-state index contributed by atoms with van der Waals surface area (Å²) in [6.07, 6.45) is 0. The van der Waals surface area contributed by atoms with Gasteiger partial charge in [-0.25, -0.2) is 0 Å². The first-order valence-electron chi connectivity index (χ1n) is 1.95. The summed E-state index contributed by atoms with van der Waals surface area (Å²) >= 11 is 0. The molecule has 0 unspecified atom stereocenters. The molecule has 0 saturated heterocycles. The van der Waals surface area contributed by atoms with E-state index in [1.165, 1.54) is 0 Å². The molecule has 0 atom stereocenters. The van der Waals surface area contributed by atoms with Crippen LogP contribution < -0.4 is 0 Å². The quantitative estimate of drug-likeness (QED) is 0.230. The van der Waals surface area contributed by atoms with E-state index in [1.54, 1.807) is 0 Å². The van der Waals surface area contributed by atoms with Crippen molar-refractivity contribution < 1.29 is 61.6 Å². The molecule has 0 aliphatic rings. The van der Waals surface area contributed by atoms with E-state index in [4.69, 9.17) is 42.2 Å². The van der Waals surface area contributed by atoms with E-state index in [0.717, 1.165) is 0 Å². The molecule has 0 radical (unpaired) electrons. The molecular weight excluding hydrogens is 348 g/mol. The van der Waals surface area contributed by atoms with Crippen molar-refractivity contribution in [2.75, 3.05) is 0 Å². The van der Waals surface area contributed by atoms with Crippen LogP contribution in [0.1, 0.15) is 0 Å². The summed E-state index contributed by atoms with van der Waals surface area (Å²) in [6.45, 7) is 0. The molecule has 0 aromatic heterocycles. The Morgan fingerprint density at radius 1 is 0.533 bits per heavy atom. The van der Waals surface area contributed by atoms with Crippen LogP contribution in [0, 0.1) is 0 Å². The number of rotatable bonds is 0. The molecule has 6 N–H and O–H groups in total. The van der Waals surface area contributed by atoms with Crippen LogP contribution in [0.2, 0.25) is 0 Å². The van der Waals surface area contributed by atoms with E-state index in [1.807, 2.05) is 0 Å². The predicted octanol–water partition coefficient (Wildman–Crippen LogP) is -7.21. The zero-order chi connectivity index (χ0) is 10.7. The van der Waals surface area contributed by atoms with Crippen molar-refractivity contribution in [2.45, 2.75) is 0 Å². The summed E-state index contributed by atoms with van der Waals surface area (Å²) in [5.41, 5.74) is 0. The normalized spacial score (nSPS) is 4.80. The van der Waals surface area contributed by atoms with Crippen LogP contribution >= 0.6 is 0 Å². The molecule has 0 aliphatic carbocycles. The Kier molecular flexibility index (Phi) is 70.5. The second kappa shape index (κ2) is 29.3. The van der Waals surface area contributed by atoms with Crippen molar-refractivity contribution in [3.63, 3.8) is 0 Å². The minimum absolute atomic E-state index is 0. The molecule has 0 aromatic rings. The molecule has 0 aliphatic heterocycles. The van der Waals surface area contributed by atoms with Gasteiger partial charge in [0.05, 0.1) is 0 Å². The van der Waals surface area contributed by atoms with Gasteiger partial charge in [-0.1, -0.05) is 0 Å². The van der Waals surface area contributed by atoms with Crippen LogP contribution in [-0.4, -0.2) is 91.0 Å². The molecule has 9 nitrogen and oxygen atoms in total. The van der Waals surface area contributed by atoms with E-state index in [-0.39, 0.29) is 54.2 Å². The standard InChI is InChI=1S/2Al.3H2O3Si.Zn.6H/c;;3*1-4(2)3;;;;;;;/h;;3*1-2H;;;;;;;. The van der Waals surface area contributed by atoms with Gasteiger partial charge in [-0.3, -0.25) is 13.4 Å². The monoisotopic (exact) mass is 358 g/mol. The van der Waals surface area contributed by atoms with Crippen LogP contribution in [0.25, 0.3) is 0 Å². The van der Waals surface area contributed by atoms with Crippen molar-refractivity contribution in [1.82, 2.24) is 0 Å². The molecule has 0 aromatic carbocycles. The van der Waals surface area contributed by atoms with Gasteiger partial charge < -0.3 is 28.8 Å². The van der Waals surface area contributed by atoms with Gasteiger partial charge in [-0.05, 0) is 0 Å². The minimum atomic E-state index is -3.13. The first-order chi connectivity index (χ1) is 5.20. The van der Waals surface area contributed by atoms with E-state index >= 15 is 0 Å². The Hall–Kier alpha value is 0.539. The summed E-state index contributed by atoms with van der Waals surface area (Å²) in [6, 6.07) is 0. The van der Waals surface area contributed by atoms with Gasteiger partial charge in [0.2, 0.25) is 0 Å². The van der Waals surface area contributed by atoms with Crippen molar-refractivity contribution in [1.29, 1.82) is 0 Å². The maximum absolute atomic E-state index is 8.74. The molecule has 86 valence electrons. The molecular formula is H12Al2O9Si3Zn. The third kappa shape index (κ3) is 7870. The molecule has 15 heteroatoms. The molecule has 0 amide bonds. The van der Waals surface area contributed by atoms with Crippen molar-refractivity contribution in [2.24, 2.45) is 0 Å². The number of hydrogen-bond donors (Lipinski definition) is 6. The van der Waals surface area contributed by atoms with Crippen molar-refractivity contribution >= 4 is 62.2 Å². The van der Waals surface area contributed by atoms with Crippen LogP contribution in [0.4, 0.5) is 0 Å². The fourth-order valence-corrected chi connectivity index (χ4v) is 0. The average Bonchev–Trinajstić information content (AvgIpc) is 1.54. The van der Waals surface area contributed by atoms with Crippen molar-refractivity contribution in [3.8, 4) is 0 Å². The van der Waals surface area contributed by atoms with E-state index in [0.29, 0.717) is 0 Å². The van der Waals surface area contributed by atoms with Crippen LogP contribution in [-0.2, 0) is 32.9 Å². The van der Waals surface area contributed by atoms with Gasteiger partial charge in [0.25, 0.3) is 0 Å². The summed E-state index contributed by atoms with van der Waals surface area (Å²) in [4.78, 5) is 42.9. The zero-order valence-electron chi connectivity index (χ0n) is 6.12. The van der Waals surface area contributed by atoms with Crippen LogP contribution in [0.3, 0.4) is 0 Å². The second-order valence-corrected chi connectivity index (χ2v) is 2.54. The van der Waals surface area contributed by atoms with Gasteiger partial charge in [-0.15, -0.1) is 0 Å².